The fourth-order valence-corrected chi connectivity index (χ4v) is 6.13. The third-order valence-corrected chi connectivity index (χ3v) is 6.56. The van der Waals surface area contributed by atoms with Crippen LogP contribution < -0.4 is 0 Å². The second-order valence-corrected chi connectivity index (χ2v) is 8.12. The van der Waals surface area contributed by atoms with Crippen LogP contribution in [0.15, 0.2) is 0 Å². The lowest BCUT2D eigenvalue weighted by molar-refractivity contribution is -0.165. The van der Waals surface area contributed by atoms with Gasteiger partial charge >= 0.3 is 5.97 Å². The van der Waals surface area contributed by atoms with E-state index in [0.29, 0.717) is 13.0 Å². The largest absolute Gasteiger partial charge is 0.449 e. The molecule has 1 saturated heterocycles. The maximum atomic E-state index is 13.3. The zero-order chi connectivity index (χ0) is 16.0. The summed E-state index contributed by atoms with van der Waals surface area (Å²) < 4.78 is 4.98. The zero-order valence-corrected chi connectivity index (χ0v) is 13.5. The number of nitrogens with zero attached hydrogens (tertiary/aromatic N) is 2. The summed E-state index contributed by atoms with van der Waals surface area (Å²) in [7, 11) is 0. The first-order valence-corrected chi connectivity index (χ1v) is 8.96. The summed E-state index contributed by atoms with van der Waals surface area (Å²) in [5.41, 5.74) is -0.202. The van der Waals surface area contributed by atoms with Gasteiger partial charge in [0.1, 0.15) is 12.1 Å². The van der Waals surface area contributed by atoms with Crippen LogP contribution in [-0.2, 0) is 14.3 Å². The van der Waals surface area contributed by atoms with Crippen LogP contribution in [0.25, 0.3) is 0 Å². The third-order valence-electron chi connectivity index (χ3n) is 6.56. The van der Waals surface area contributed by atoms with Gasteiger partial charge in [0.15, 0.2) is 6.61 Å². The van der Waals surface area contributed by atoms with Gasteiger partial charge in [0.2, 0.25) is 5.91 Å². The normalized spacial score (nSPS) is 40.9. The lowest BCUT2D eigenvalue weighted by Crippen LogP contribution is -2.56. The molecular weight excluding hydrogens is 292 g/mol. The minimum absolute atomic E-state index is 0.202. The first-order chi connectivity index (χ1) is 11.1. The van der Waals surface area contributed by atoms with Gasteiger partial charge in [-0.25, -0.2) is 4.79 Å². The molecule has 1 atom stereocenters. The SMILES string of the molecule is N#CCOC(=O)[C@@H]1CCCN1C(=O)C12CC3CC(CC(C3)C1)C2. The van der Waals surface area contributed by atoms with Crippen molar-refractivity contribution in [3.8, 4) is 6.07 Å². The van der Waals surface area contributed by atoms with Gasteiger partial charge in [-0.1, -0.05) is 0 Å². The number of carbonyl (C=O) groups is 2. The second-order valence-electron chi connectivity index (χ2n) is 8.12. The van der Waals surface area contributed by atoms with Crippen molar-refractivity contribution < 1.29 is 14.3 Å². The molecule has 0 aromatic carbocycles. The number of carbonyl (C=O) groups excluding carboxylic acids is 2. The van der Waals surface area contributed by atoms with E-state index in [2.05, 4.69) is 0 Å². The molecule has 4 saturated carbocycles. The van der Waals surface area contributed by atoms with E-state index >= 15 is 0 Å². The summed E-state index contributed by atoms with van der Waals surface area (Å²) in [6, 6.07) is 1.36. The highest BCUT2D eigenvalue weighted by atomic mass is 16.5. The molecule has 4 aliphatic carbocycles. The highest BCUT2D eigenvalue weighted by Crippen LogP contribution is 2.60. The second kappa shape index (κ2) is 5.51. The molecule has 23 heavy (non-hydrogen) atoms. The predicted octanol–water partition coefficient (Wildman–Crippen LogP) is 2.26. The molecule has 5 nitrogen and oxygen atoms in total. The molecule has 124 valence electrons. The van der Waals surface area contributed by atoms with Crippen LogP contribution in [0.1, 0.15) is 51.4 Å². The number of hydrogen-bond donors (Lipinski definition) is 0. The van der Waals surface area contributed by atoms with Crippen molar-refractivity contribution in [2.24, 2.45) is 23.2 Å². The summed E-state index contributed by atoms with van der Waals surface area (Å²) in [5, 5.41) is 8.58. The molecule has 0 aromatic rings. The monoisotopic (exact) mass is 316 g/mol. The summed E-state index contributed by atoms with van der Waals surface area (Å²) in [4.78, 5) is 27.3. The van der Waals surface area contributed by atoms with Gasteiger partial charge in [-0.3, -0.25) is 4.79 Å². The molecule has 0 N–H and O–H groups in total. The first-order valence-electron chi connectivity index (χ1n) is 8.96. The summed E-state index contributed by atoms with van der Waals surface area (Å²) in [6.45, 7) is 0.432. The standard InChI is InChI=1S/C18H24N2O3/c19-3-5-23-16(21)15-2-1-4-20(15)17(22)18-9-12-6-13(10-18)8-14(7-12)11-18/h12-15H,1-2,4-11H2/t12?,13?,14?,15-,18?/m0/s1. The Balaban J connectivity index is 1.52. The van der Waals surface area contributed by atoms with E-state index in [1.165, 1.54) is 19.3 Å². The Kier molecular flexibility index (Phi) is 3.59. The molecule has 0 spiro atoms. The van der Waals surface area contributed by atoms with Gasteiger partial charge in [0, 0.05) is 6.54 Å². The van der Waals surface area contributed by atoms with Gasteiger partial charge in [-0.2, -0.15) is 5.26 Å². The Labute approximate surface area is 137 Å². The van der Waals surface area contributed by atoms with Gasteiger partial charge in [-0.05, 0) is 69.1 Å². The quantitative estimate of drug-likeness (QED) is 0.749. The van der Waals surface area contributed by atoms with E-state index in [4.69, 9.17) is 10.00 Å². The maximum absolute atomic E-state index is 13.3. The Morgan fingerprint density at radius 1 is 1.13 bits per heavy atom. The molecule has 0 aromatic heterocycles. The van der Waals surface area contributed by atoms with Gasteiger partial charge in [0.25, 0.3) is 0 Å². The Hall–Kier alpha value is -1.57. The number of nitriles is 1. The van der Waals surface area contributed by atoms with Crippen LogP contribution >= 0.6 is 0 Å². The summed E-state index contributed by atoms with van der Waals surface area (Å²) in [6.07, 6.45) is 8.50. The van der Waals surface area contributed by atoms with Crippen LogP contribution in [0.5, 0.6) is 0 Å². The molecule has 1 heterocycles. The number of amides is 1. The van der Waals surface area contributed by atoms with E-state index in [1.54, 1.807) is 4.90 Å². The molecule has 5 heteroatoms. The van der Waals surface area contributed by atoms with Crippen LogP contribution in [-0.4, -0.2) is 36.0 Å². The van der Waals surface area contributed by atoms with Crippen molar-refractivity contribution in [1.29, 1.82) is 5.26 Å². The van der Waals surface area contributed by atoms with Crippen LogP contribution in [0.2, 0.25) is 0 Å². The van der Waals surface area contributed by atoms with Crippen molar-refractivity contribution in [3.05, 3.63) is 0 Å². The molecule has 5 aliphatic rings. The fraction of sp³-hybridized carbons (Fsp3) is 0.833. The lowest BCUT2D eigenvalue weighted by Gasteiger charge is -2.56. The number of esters is 1. The third kappa shape index (κ3) is 2.43. The molecule has 5 fully saturated rings. The van der Waals surface area contributed by atoms with Gasteiger partial charge < -0.3 is 9.64 Å². The van der Waals surface area contributed by atoms with Crippen molar-refractivity contribution in [2.75, 3.05) is 13.2 Å². The summed E-state index contributed by atoms with van der Waals surface area (Å²) >= 11 is 0. The smallest absolute Gasteiger partial charge is 0.329 e. The Bertz CT molecular complexity index is 530. The van der Waals surface area contributed by atoms with Crippen molar-refractivity contribution in [2.45, 2.75) is 57.4 Å². The maximum Gasteiger partial charge on any atom is 0.329 e. The minimum atomic E-state index is -0.469. The predicted molar refractivity (Wildman–Crippen MR) is 81.9 cm³/mol. The molecule has 1 amide bonds. The van der Waals surface area contributed by atoms with E-state index in [9.17, 15) is 9.59 Å². The first kappa shape index (κ1) is 15.0. The minimum Gasteiger partial charge on any atom is -0.449 e. The Morgan fingerprint density at radius 3 is 2.30 bits per heavy atom. The summed E-state index contributed by atoms with van der Waals surface area (Å²) in [5.74, 6) is 1.96. The van der Waals surface area contributed by atoms with Gasteiger partial charge in [0.05, 0.1) is 5.41 Å². The van der Waals surface area contributed by atoms with E-state index < -0.39 is 12.0 Å². The molecular formula is C18H24N2O3. The molecule has 0 unspecified atom stereocenters. The van der Waals surface area contributed by atoms with E-state index in [1.807, 2.05) is 6.07 Å². The molecule has 5 rings (SSSR count). The molecule has 0 radical (unpaired) electrons. The van der Waals surface area contributed by atoms with Crippen molar-refractivity contribution in [1.82, 2.24) is 4.90 Å². The number of ether oxygens (including phenoxy) is 1. The highest BCUT2D eigenvalue weighted by Gasteiger charge is 2.56. The van der Waals surface area contributed by atoms with Crippen molar-refractivity contribution >= 4 is 11.9 Å². The molecule has 1 aliphatic heterocycles. The fourth-order valence-electron chi connectivity index (χ4n) is 6.13. The van der Waals surface area contributed by atoms with E-state index in [-0.39, 0.29) is 17.9 Å². The number of likely N-dealkylation sites (tertiary alicyclic amines) is 1. The average molecular weight is 316 g/mol. The van der Waals surface area contributed by atoms with Crippen LogP contribution in [0, 0.1) is 34.5 Å². The zero-order valence-electron chi connectivity index (χ0n) is 13.5. The average Bonchev–Trinajstić information content (AvgIpc) is 3.00. The number of hydrogen-bond acceptors (Lipinski definition) is 4. The molecule has 4 bridgehead atoms. The highest BCUT2D eigenvalue weighted by molar-refractivity contribution is 5.89. The lowest BCUT2D eigenvalue weighted by atomic mass is 9.49. The number of rotatable bonds is 3. The van der Waals surface area contributed by atoms with Crippen LogP contribution in [0.3, 0.4) is 0 Å². The van der Waals surface area contributed by atoms with Gasteiger partial charge in [-0.15, -0.1) is 0 Å². The topological polar surface area (TPSA) is 70.4 Å². The Morgan fingerprint density at radius 2 is 1.74 bits per heavy atom. The van der Waals surface area contributed by atoms with Crippen LogP contribution in [0.4, 0.5) is 0 Å². The van der Waals surface area contributed by atoms with Crippen molar-refractivity contribution in [3.63, 3.8) is 0 Å². The van der Waals surface area contributed by atoms with E-state index in [0.717, 1.165) is 43.4 Å².